The van der Waals surface area contributed by atoms with Crippen molar-refractivity contribution in [2.75, 3.05) is 39.3 Å². The van der Waals surface area contributed by atoms with Gasteiger partial charge in [-0.15, -0.1) is 0 Å². The summed E-state index contributed by atoms with van der Waals surface area (Å²) in [5.74, 6) is 0. The average Bonchev–Trinajstić information content (AvgIpc) is 3.11. The van der Waals surface area contributed by atoms with Crippen LogP contribution in [-0.2, 0) is 0 Å². The summed E-state index contributed by atoms with van der Waals surface area (Å²) < 4.78 is 0. The first-order chi connectivity index (χ1) is 11.4. The molecule has 2 saturated heterocycles. The first-order valence-corrected chi connectivity index (χ1v) is 10.2. The van der Waals surface area contributed by atoms with Gasteiger partial charge in [-0.3, -0.25) is 0 Å². The number of hydrogen-bond acceptors (Lipinski definition) is 2. The van der Waals surface area contributed by atoms with Gasteiger partial charge in [-0.25, -0.2) is 0 Å². The van der Waals surface area contributed by atoms with Gasteiger partial charge in [0.25, 0.3) is 0 Å². The molecule has 0 unspecified atom stereocenters. The van der Waals surface area contributed by atoms with Crippen LogP contribution in [0.1, 0.15) is 70.6 Å². The molecule has 0 amide bonds. The molecule has 3 aliphatic rings. The maximum atomic E-state index is 2.68. The van der Waals surface area contributed by atoms with Gasteiger partial charge in [0.2, 0.25) is 0 Å². The Balaban J connectivity index is 1.36. The Hall–Kier alpha value is -0.600. The minimum Gasteiger partial charge on any atom is -0.303 e. The van der Waals surface area contributed by atoms with Gasteiger partial charge in [0.15, 0.2) is 0 Å². The largest absolute Gasteiger partial charge is 0.303 e. The third-order valence-electron chi connectivity index (χ3n) is 5.85. The fraction of sp³-hybridized carbons (Fsp3) is 0.810. The lowest BCUT2D eigenvalue weighted by molar-refractivity contribution is 0.226. The van der Waals surface area contributed by atoms with Crippen LogP contribution in [0, 0.1) is 0 Å². The van der Waals surface area contributed by atoms with Crippen molar-refractivity contribution in [3.63, 3.8) is 0 Å². The molecular weight excluding hydrogens is 280 g/mol. The highest BCUT2D eigenvalue weighted by molar-refractivity contribution is 5.33. The van der Waals surface area contributed by atoms with Crippen LogP contribution in [0.2, 0.25) is 0 Å². The summed E-state index contributed by atoms with van der Waals surface area (Å²) in [7, 11) is 0. The highest BCUT2D eigenvalue weighted by atomic mass is 15.1. The van der Waals surface area contributed by atoms with Gasteiger partial charge in [0.05, 0.1) is 0 Å². The Morgan fingerprint density at radius 1 is 0.609 bits per heavy atom. The molecule has 0 aromatic rings. The van der Waals surface area contributed by atoms with Crippen LogP contribution in [0.3, 0.4) is 0 Å². The molecule has 0 N–H and O–H groups in total. The molecule has 130 valence electrons. The van der Waals surface area contributed by atoms with Crippen molar-refractivity contribution >= 4 is 0 Å². The van der Waals surface area contributed by atoms with Gasteiger partial charge in [0.1, 0.15) is 0 Å². The van der Waals surface area contributed by atoms with E-state index in [1.807, 2.05) is 0 Å². The van der Waals surface area contributed by atoms with Crippen molar-refractivity contribution in [3.8, 4) is 0 Å². The van der Waals surface area contributed by atoms with E-state index in [9.17, 15) is 0 Å². The van der Waals surface area contributed by atoms with Crippen molar-refractivity contribution in [2.45, 2.75) is 70.6 Å². The fourth-order valence-corrected chi connectivity index (χ4v) is 4.48. The van der Waals surface area contributed by atoms with Gasteiger partial charge < -0.3 is 9.80 Å². The van der Waals surface area contributed by atoms with Crippen LogP contribution in [-0.4, -0.2) is 49.1 Å². The standard InChI is InChI=1S/C21H36N2/c1-4-14-22(15-5-1)18-8-12-20-10-2-3-11-21(20)13-9-19-23-16-6-7-17-23/h10-11H,1-9,12-19H2. The normalized spacial score (nSPS) is 23.8. The molecule has 0 radical (unpaired) electrons. The van der Waals surface area contributed by atoms with Crippen molar-refractivity contribution in [2.24, 2.45) is 0 Å². The van der Waals surface area contributed by atoms with Crippen molar-refractivity contribution in [1.29, 1.82) is 0 Å². The van der Waals surface area contributed by atoms with Gasteiger partial charge in [-0.1, -0.05) is 18.6 Å². The number of likely N-dealkylation sites (tertiary alicyclic amines) is 2. The molecule has 2 nitrogen and oxygen atoms in total. The van der Waals surface area contributed by atoms with E-state index in [-0.39, 0.29) is 0 Å². The summed E-state index contributed by atoms with van der Waals surface area (Å²) in [6.45, 7) is 8.01. The summed E-state index contributed by atoms with van der Waals surface area (Å²) in [5.41, 5.74) is 3.38. The van der Waals surface area contributed by atoms with Crippen molar-refractivity contribution in [1.82, 2.24) is 9.80 Å². The maximum absolute atomic E-state index is 2.68. The molecule has 0 bridgehead atoms. The molecule has 0 atom stereocenters. The second-order valence-electron chi connectivity index (χ2n) is 7.69. The fourth-order valence-electron chi connectivity index (χ4n) is 4.48. The molecular formula is C21H36N2. The molecule has 3 rings (SSSR count). The Labute approximate surface area is 143 Å². The monoisotopic (exact) mass is 316 g/mol. The summed E-state index contributed by atoms with van der Waals surface area (Å²) in [6.07, 6.45) is 20.1. The minimum absolute atomic E-state index is 1.27. The van der Waals surface area contributed by atoms with Crippen LogP contribution in [0.15, 0.2) is 23.3 Å². The Bertz CT molecular complexity index is 398. The number of allylic oxidation sites excluding steroid dienone is 4. The molecule has 0 aromatic heterocycles. The predicted octanol–water partition coefficient (Wildman–Crippen LogP) is 4.78. The van der Waals surface area contributed by atoms with Gasteiger partial charge in [-0.05, 0) is 115 Å². The van der Waals surface area contributed by atoms with E-state index in [1.54, 1.807) is 11.1 Å². The lowest BCUT2D eigenvalue weighted by Crippen LogP contribution is -2.30. The number of nitrogens with zero attached hydrogens (tertiary/aromatic N) is 2. The molecule has 23 heavy (non-hydrogen) atoms. The molecule has 0 spiro atoms. The molecule has 2 aliphatic heterocycles. The summed E-state index contributed by atoms with van der Waals surface area (Å²) in [6, 6.07) is 0. The quantitative estimate of drug-likeness (QED) is 0.636. The Morgan fingerprint density at radius 2 is 1.04 bits per heavy atom. The van der Waals surface area contributed by atoms with E-state index in [1.165, 1.54) is 110 Å². The number of rotatable bonds is 8. The van der Waals surface area contributed by atoms with E-state index < -0.39 is 0 Å². The predicted molar refractivity (Wildman–Crippen MR) is 99.8 cm³/mol. The molecule has 0 aromatic carbocycles. The lowest BCUT2D eigenvalue weighted by Gasteiger charge is -2.27. The topological polar surface area (TPSA) is 6.48 Å². The number of piperidine rings is 1. The Kier molecular flexibility index (Phi) is 7.22. The molecule has 0 saturated carbocycles. The van der Waals surface area contributed by atoms with Crippen LogP contribution in [0.5, 0.6) is 0 Å². The smallest absolute Gasteiger partial charge is 0.00156 e. The summed E-state index contributed by atoms with van der Waals surface area (Å²) in [4.78, 5) is 5.34. The Morgan fingerprint density at radius 3 is 1.52 bits per heavy atom. The van der Waals surface area contributed by atoms with E-state index in [0.717, 1.165) is 0 Å². The van der Waals surface area contributed by atoms with Crippen LogP contribution in [0.25, 0.3) is 0 Å². The van der Waals surface area contributed by atoms with Gasteiger partial charge in [-0.2, -0.15) is 0 Å². The van der Waals surface area contributed by atoms with Crippen LogP contribution in [0.4, 0.5) is 0 Å². The van der Waals surface area contributed by atoms with E-state index in [4.69, 9.17) is 0 Å². The second kappa shape index (κ2) is 9.64. The second-order valence-corrected chi connectivity index (χ2v) is 7.69. The zero-order valence-corrected chi connectivity index (χ0v) is 15.1. The highest BCUT2D eigenvalue weighted by Crippen LogP contribution is 2.27. The molecule has 1 aliphatic carbocycles. The molecule has 2 heteroatoms. The van der Waals surface area contributed by atoms with Crippen molar-refractivity contribution < 1.29 is 0 Å². The minimum atomic E-state index is 1.27. The van der Waals surface area contributed by atoms with E-state index in [2.05, 4.69) is 22.0 Å². The van der Waals surface area contributed by atoms with Crippen molar-refractivity contribution in [3.05, 3.63) is 23.3 Å². The molecule has 2 fully saturated rings. The van der Waals surface area contributed by atoms with Crippen LogP contribution < -0.4 is 0 Å². The number of hydrogen-bond donors (Lipinski definition) is 0. The molecule has 2 heterocycles. The lowest BCUT2D eigenvalue weighted by atomic mass is 9.91. The van der Waals surface area contributed by atoms with E-state index >= 15 is 0 Å². The zero-order chi connectivity index (χ0) is 15.7. The first-order valence-electron chi connectivity index (χ1n) is 10.2. The average molecular weight is 317 g/mol. The summed E-state index contributed by atoms with van der Waals surface area (Å²) >= 11 is 0. The van der Waals surface area contributed by atoms with Crippen LogP contribution >= 0.6 is 0 Å². The highest BCUT2D eigenvalue weighted by Gasteiger charge is 2.14. The third kappa shape index (κ3) is 5.76. The van der Waals surface area contributed by atoms with Gasteiger partial charge >= 0.3 is 0 Å². The first kappa shape index (κ1) is 17.2. The zero-order valence-electron chi connectivity index (χ0n) is 15.1. The maximum Gasteiger partial charge on any atom is -0.00156 e. The van der Waals surface area contributed by atoms with Gasteiger partial charge in [0, 0.05) is 0 Å². The van der Waals surface area contributed by atoms with E-state index in [0.29, 0.717) is 0 Å². The SMILES string of the molecule is C1=C(CCCN2CCCCC2)C(CCCN2CCCC2)=CCC1. The third-order valence-corrected chi connectivity index (χ3v) is 5.85. The summed E-state index contributed by atoms with van der Waals surface area (Å²) in [5, 5.41) is 0.